The predicted molar refractivity (Wildman–Crippen MR) is 130 cm³/mol. The molecule has 0 spiro atoms. The average Bonchev–Trinajstić information content (AvgIpc) is 3.27. The van der Waals surface area contributed by atoms with Gasteiger partial charge in [-0.3, -0.25) is 4.79 Å². The molecule has 0 bridgehead atoms. The maximum atomic E-state index is 12.9. The molecule has 0 saturated heterocycles. The molecule has 0 radical (unpaired) electrons. The number of anilines is 2. The van der Waals surface area contributed by atoms with Crippen molar-refractivity contribution in [1.82, 2.24) is 25.3 Å². The topological polar surface area (TPSA) is 94.0 Å². The number of hydrogen-bond donors (Lipinski definition) is 2. The molecule has 0 aliphatic carbocycles. The second-order valence-electron chi connectivity index (χ2n) is 7.44. The quantitative estimate of drug-likeness (QED) is 0.366. The zero-order valence-corrected chi connectivity index (χ0v) is 19.8. The van der Waals surface area contributed by atoms with E-state index in [2.05, 4.69) is 41.9 Å². The molecule has 0 aliphatic rings. The maximum absolute atomic E-state index is 12.9. The van der Waals surface area contributed by atoms with Crippen LogP contribution in [0, 0.1) is 6.92 Å². The molecule has 0 aliphatic heterocycles. The van der Waals surface area contributed by atoms with Gasteiger partial charge < -0.3 is 15.4 Å². The number of benzene rings is 2. The molecule has 2 aromatic carbocycles. The van der Waals surface area contributed by atoms with Crippen LogP contribution in [0.2, 0.25) is 0 Å². The molecule has 0 unspecified atom stereocenters. The zero-order chi connectivity index (χ0) is 23.2. The lowest BCUT2D eigenvalue weighted by Gasteiger charge is -2.14. The first-order chi connectivity index (χ1) is 16.0. The third-order valence-corrected chi connectivity index (χ3v) is 5.46. The molecule has 2 aromatic heterocycles. The summed E-state index contributed by atoms with van der Waals surface area (Å²) in [5, 5.41) is 14.4. The molecule has 8 nitrogen and oxygen atoms in total. The van der Waals surface area contributed by atoms with Gasteiger partial charge in [0.1, 0.15) is 17.3 Å². The van der Waals surface area contributed by atoms with Gasteiger partial charge in [-0.2, -0.15) is 0 Å². The van der Waals surface area contributed by atoms with Gasteiger partial charge in [0.05, 0.1) is 37.6 Å². The van der Waals surface area contributed by atoms with E-state index < -0.39 is 0 Å². The summed E-state index contributed by atoms with van der Waals surface area (Å²) in [6, 6.07) is 17.2. The van der Waals surface area contributed by atoms with Crippen molar-refractivity contribution in [3.05, 3.63) is 93.8 Å². The fourth-order valence-electron chi connectivity index (χ4n) is 3.27. The van der Waals surface area contributed by atoms with Crippen LogP contribution in [0.25, 0.3) is 0 Å². The summed E-state index contributed by atoms with van der Waals surface area (Å²) in [7, 11) is 1.60. The van der Waals surface area contributed by atoms with E-state index in [4.69, 9.17) is 4.74 Å². The van der Waals surface area contributed by atoms with E-state index in [9.17, 15) is 4.79 Å². The highest BCUT2D eigenvalue weighted by atomic mass is 79.9. The lowest BCUT2D eigenvalue weighted by molar-refractivity contribution is 0.0951. The third kappa shape index (κ3) is 5.75. The van der Waals surface area contributed by atoms with Crippen LogP contribution < -0.4 is 15.4 Å². The fourth-order valence-corrected chi connectivity index (χ4v) is 3.54. The van der Waals surface area contributed by atoms with Gasteiger partial charge in [0.25, 0.3) is 5.91 Å². The Balaban J connectivity index is 1.42. The first kappa shape index (κ1) is 22.5. The standard InChI is InChI=1S/C24H23BrN6O2/c1-16-5-10-22(33-2)21(12-16)28-23-20(4-3-11-26-23)24(32)27-13-19-15-31(30-29-19)14-17-6-8-18(25)9-7-17/h3-12,15H,13-14H2,1-2H3,(H,26,28)(H,27,32). The summed E-state index contributed by atoms with van der Waals surface area (Å²) in [5.74, 6) is 0.845. The van der Waals surface area contributed by atoms with E-state index in [0.29, 0.717) is 29.4 Å². The summed E-state index contributed by atoms with van der Waals surface area (Å²) in [5.41, 5.74) is 3.99. The van der Waals surface area contributed by atoms with Gasteiger partial charge in [-0.15, -0.1) is 5.10 Å². The number of ether oxygens (including phenoxy) is 1. The first-order valence-electron chi connectivity index (χ1n) is 10.3. The number of carbonyl (C=O) groups is 1. The SMILES string of the molecule is COc1ccc(C)cc1Nc1ncccc1C(=O)NCc1cn(Cc2ccc(Br)cc2)nn1. The minimum Gasteiger partial charge on any atom is -0.495 e. The van der Waals surface area contributed by atoms with Gasteiger partial charge in [-0.1, -0.05) is 39.3 Å². The van der Waals surface area contributed by atoms with E-state index in [1.165, 1.54) is 0 Å². The molecule has 33 heavy (non-hydrogen) atoms. The molecule has 0 atom stereocenters. The Morgan fingerprint density at radius 1 is 1.15 bits per heavy atom. The van der Waals surface area contributed by atoms with E-state index in [-0.39, 0.29) is 12.5 Å². The van der Waals surface area contributed by atoms with Gasteiger partial charge in [0.2, 0.25) is 0 Å². The Kier molecular flexibility index (Phi) is 6.99. The van der Waals surface area contributed by atoms with Crippen molar-refractivity contribution in [2.24, 2.45) is 0 Å². The van der Waals surface area contributed by atoms with Crippen molar-refractivity contribution in [3.8, 4) is 5.75 Å². The number of rotatable bonds is 8. The molecule has 4 aromatic rings. The summed E-state index contributed by atoms with van der Waals surface area (Å²) in [4.78, 5) is 17.2. The summed E-state index contributed by atoms with van der Waals surface area (Å²) in [6.07, 6.45) is 3.46. The number of hydrogen-bond acceptors (Lipinski definition) is 6. The third-order valence-electron chi connectivity index (χ3n) is 4.93. The smallest absolute Gasteiger partial charge is 0.255 e. The molecule has 9 heteroatoms. The number of nitrogens with zero attached hydrogens (tertiary/aromatic N) is 4. The largest absolute Gasteiger partial charge is 0.495 e. The van der Waals surface area contributed by atoms with E-state index in [0.717, 1.165) is 21.3 Å². The first-order valence-corrected chi connectivity index (χ1v) is 11.1. The van der Waals surface area contributed by atoms with Gasteiger partial charge in [-0.05, 0) is 54.4 Å². The molecule has 2 heterocycles. The maximum Gasteiger partial charge on any atom is 0.255 e. The number of methoxy groups -OCH3 is 1. The van der Waals surface area contributed by atoms with Crippen LogP contribution in [0.3, 0.4) is 0 Å². The van der Waals surface area contributed by atoms with Crippen LogP contribution in [0.1, 0.15) is 27.2 Å². The highest BCUT2D eigenvalue weighted by Gasteiger charge is 2.15. The van der Waals surface area contributed by atoms with Crippen molar-refractivity contribution in [2.45, 2.75) is 20.0 Å². The van der Waals surface area contributed by atoms with Crippen molar-refractivity contribution >= 4 is 33.3 Å². The minimum absolute atomic E-state index is 0.251. The Labute approximate surface area is 200 Å². The fraction of sp³-hybridized carbons (Fsp3) is 0.167. The Hall–Kier alpha value is -3.72. The van der Waals surface area contributed by atoms with Crippen LogP contribution in [0.5, 0.6) is 5.75 Å². The van der Waals surface area contributed by atoms with Gasteiger partial charge >= 0.3 is 0 Å². The highest BCUT2D eigenvalue weighted by Crippen LogP contribution is 2.29. The van der Waals surface area contributed by atoms with Gasteiger partial charge in [0, 0.05) is 10.7 Å². The summed E-state index contributed by atoms with van der Waals surface area (Å²) in [6.45, 7) is 2.84. The van der Waals surface area contributed by atoms with Crippen LogP contribution >= 0.6 is 15.9 Å². The lowest BCUT2D eigenvalue weighted by Crippen LogP contribution is -2.24. The normalized spacial score (nSPS) is 10.6. The van der Waals surface area contributed by atoms with Crippen LogP contribution in [-0.2, 0) is 13.1 Å². The molecule has 0 saturated carbocycles. The van der Waals surface area contributed by atoms with E-state index in [1.54, 1.807) is 30.1 Å². The average molecular weight is 507 g/mol. The number of carbonyl (C=O) groups excluding carboxylic acids is 1. The van der Waals surface area contributed by atoms with Crippen molar-refractivity contribution in [2.75, 3.05) is 12.4 Å². The predicted octanol–water partition coefficient (Wildman–Crippen LogP) is 4.47. The number of pyridine rings is 1. The van der Waals surface area contributed by atoms with Gasteiger partial charge in [-0.25, -0.2) is 9.67 Å². The molecule has 4 rings (SSSR count). The Morgan fingerprint density at radius 3 is 2.76 bits per heavy atom. The molecule has 2 N–H and O–H groups in total. The molecule has 1 amide bonds. The zero-order valence-electron chi connectivity index (χ0n) is 18.2. The van der Waals surface area contributed by atoms with E-state index >= 15 is 0 Å². The number of nitrogens with one attached hydrogen (secondary N) is 2. The second-order valence-corrected chi connectivity index (χ2v) is 8.36. The monoisotopic (exact) mass is 506 g/mol. The second kappa shape index (κ2) is 10.3. The highest BCUT2D eigenvalue weighted by molar-refractivity contribution is 9.10. The van der Waals surface area contributed by atoms with Crippen LogP contribution in [0.15, 0.2) is 71.5 Å². The number of amides is 1. The van der Waals surface area contributed by atoms with E-state index in [1.807, 2.05) is 55.6 Å². The number of aromatic nitrogens is 4. The van der Waals surface area contributed by atoms with Crippen LogP contribution in [0.4, 0.5) is 11.5 Å². The van der Waals surface area contributed by atoms with Crippen molar-refractivity contribution in [1.29, 1.82) is 0 Å². The summed E-state index contributed by atoms with van der Waals surface area (Å²) < 4.78 is 8.19. The lowest BCUT2D eigenvalue weighted by atomic mass is 10.2. The van der Waals surface area contributed by atoms with Crippen molar-refractivity contribution < 1.29 is 9.53 Å². The molecule has 0 fully saturated rings. The molecular weight excluding hydrogens is 484 g/mol. The minimum atomic E-state index is -0.264. The van der Waals surface area contributed by atoms with Crippen molar-refractivity contribution in [3.63, 3.8) is 0 Å². The Morgan fingerprint density at radius 2 is 1.97 bits per heavy atom. The molecular formula is C24H23BrN6O2. The molecule has 168 valence electrons. The Bertz CT molecular complexity index is 1260. The number of halogens is 1. The summed E-state index contributed by atoms with van der Waals surface area (Å²) >= 11 is 3.43. The number of aryl methyl sites for hydroxylation is 1. The van der Waals surface area contributed by atoms with Crippen LogP contribution in [-0.4, -0.2) is 33.0 Å². The van der Waals surface area contributed by atoms with Gasteiger partial charge in [0.15, 0.2) is 0 Å².